The molecule has 4 heterocycles. The first kappa shape index (κ1) is 23.6. The summed E-state index contributed by atoms with van der Waals surface area (Å²) in [5.41, 5.74) is 3.13. The van der Waals surface area contributed by atoms with Crippen LogP contribution in [0.25, 0.3) is 22.3 Å². The molecule has 0 aliphatic carbocycles. The zero-order chi connectivity index (χ0) is 24.7. The molecule has 1 aromatic carbocycles. The summed E-state index contributed by atoms with van der Waals surface area (Å²) in [6, 6.07) is 7.03. The average Bonchev–Trinajstić information content (AvgIpc) is 3.41. The van der Waals surface area contributed by atoms with Gasteiger partial charge in [0.15, 0.2) is 27.0 Å². The summed E-state index contributed by atoms with van der Waals surface area (Å²) >= 11 is 0. The fourth-order valence-corrected chi connectivity index (χ4v) is 6.81. The number of aryl methyl sites for hydroxylation is 1. The zero-order valence-corrected chi connectivity index (χ0v) is 21.1. The number of fused-ring (bicyclic) bond motifs is 1. The summed E-state index contributed by atoms with van der Waals surface area (Å²) in [6.45, 7) is 3.30. The van der Waals surface area contributed by atoms with Crippen LogP contribution in [0.2, 0.25) is 0 Å². The van der Waals surface area contributed by atoms with Gasteiger partial charge in [-0.3, -0.25) is 4.79 Å². The van der Waals surface area contributed by atoms with Crippen LogP contribution >= 0.6 is 0 Å². The van der Waals surface area contributed by atoms with Crippen LogP contribution in [0.3, 0.4) is 0 Å². The molecule has 2 aromatic heterocycles. The third kappa shape index (κ3) is 4.35. The highest BCUT2D eigenvalue weighted by Gasteiger charge is 2.33. The number of nitrogens with zero attached hydrogens (tertiary/aromatic N) is 4. The SMILES string of the molecule is COc1ccc(-c2cc(C(=O)N3CCCCC3)c3c(C)nn(C4CCS(=O)(=O)C4)c3n2)cc1OC. The Morgan fingerprint density at radius 3 is 2.46 bits per heavy atom. The van der Waals surface area contributed by atoms with E-state index in [0.717, 1.165) is 37.9 Å². The lowest BCUT2D eigenvalue weighted by molar-refractivity contribution is 0.0726. The third-order valence-corrected chi connectivity index (χ3v) is 8.69. The maximum atomic E-state index is 13.7. The van der Waals surface area contributed by atoms with Crippen LogP contribution < -0.4 is 9.47 Å². The molecule has 0 radical (unpaired) electrons. The second-order valence-electron chi connectivity index (χ2n) is 9.26. The summed E-state index contributed by atoms with van der Waals surface area (Å²) in [7, 11) is 0.0298. The zero-order valence-electron chi connectivity index (χ0n) is 20.3. The van der Waals surface area contributed by atoms with Gasteiger partial charge in [-0.25, -0.2) is 18.1 Å². The summed E-state index contributed by atoms with van der Waals surface area (Å²) in [6.07, 6.45) is 3.58. The Kier molecular flexibility index (Phi) is 6.16. The largest absolute Gasteiger partial charge is 0.493 e. The molecule has 35 heavy (non-hydrogen) atoms. The lowest BCUT2D eigenvalue weighted by Gasteiger charge is -2.27. The summed E-state index contributed by atoms with van der Waals surface area (Å²) in [5.74, 6) is 1.27. The average molecular weight is 499 g/mol. The molecule has 0 N–H and O–H groups in total. The molecular formula is C25H30N4O5S. The maximum absolute atomic E-state index is 13.7. The highest BCUT2D eigenvalue weighted by Crippen LogP contribution is 2.36. The van der Waals surface area contributed by atoms with E-state index < -0.39 is 9.84 Å². The number of benzene rings is 1. The normalized spacial score (nSPS) is 19.7. The highest BCUT2D eigenvalue weighted by atomic mass is 32.2. The van der Waals surface area contributed by atoms with Gasteiger partial charge in [0.2, 0.25) is 0 Å². The van der Waals surface area contributed by atoms with E-state index in [1.165, 1.54) is 0 Å². The van der Waals surface area contributed by atoms with Gasteiger partial charge in [-0.05, 0) is 56.9 Å². The van der Waals surface area contributed by atoms with Gasteiger partial charge in [0, 0.05) is 18.7 Å². The Balaban J connectivity index is 1.70. The fraction of sp³-hybridized carbons (Fsp3) is 0.480. The number of aromatic nitrogens is 3. The summed E-state index contributed by atoms with van der Waals surface area (Å²) in [4.78, 5) is 20.5. The molecule has 2 aliphatic heterocycles. The second kappa shape index (κ2) is 9.14. The number of carbonyl (C=O) groups is 1. The number of hydrogen-bond donors (Lipinski definition) is 0. The summed E-state index contributed by atoms with van der Waals surface area (Å²) in [5, 5.41) is 5.38. The first-order valence-electron chi connectivity index (χ1n) is 11.9. The number of sulfone groups is 1. The van der Waals surface area contributed by atoms with Crippen LogP contribution in [0.5, 0.6) is 11.5 Å². The third-order valence-electron chi connectivity index (χ3n) is 6.94. The van der Waals surface area contributed by atoms with Crippen molar-refractivity contribution in [1.82, 2.24) is 19.7 Å². The van der Waals surface area contributed by atoms with Gasteiger partial charge in [0.05, 0.1) is 54.1 Å². The van der Waals surface area contributed by atoms with E-state index in [9.17, 15) is 13.2 Å². The fourth-order valence-electron chi connectivity index (χ4n) is 5.12. The van der Waals surface area contributed by atoms with E-state index in [1.54, 1.807) is 25.0 Å². The number of amides is 1. The molecule has 1 amide bonds. The Morgan fingerprint density at radius 2 is 1.80 bits per heavy atom. The van der Waals surface area contributed by atoms with Crippen LogP contribution in [0.1, 0.15) is 47.8 Å². The predicted octanol–water partition coefficient (Wildman–Crippen LogP) is 3.41. The number of carbonyl (C=O) groups excluding carboxylic acids is 1. The second-order valence-corrected chi connectivity index (χ2v) is 11.5. The molecular weight excluding hydrogens is 468 g/mol. The van der Waals surface area contributed by atoms with Gasteiger partial charge < -0.3 is 14.4 Å². The lowest BCUT2D eigenvalue weighted by Crippen LogP contribution is -2.35. The molecule has 2 fully saturated rings. The van der Waals surface area contributed by atoms with Crippen molar-refractivity contribution < 1.29 is 22.7 Å². The molecule has 0 saturated carbocycles. The van der Waals surface area contributed by atoms with Crippen molar-refractivity contribution in [2.24, 2.45) is 0 Å². The summed E-state index contributed by atoms with van der Waals surface area (Å²) < 4.78 is 37.0. The van der Waals surface area contributed by atoms with E-state index in [1.807, 2.05) is 30.0 Å². The topological polar surface area (TPSA) is 104 Å². The van der Waals surface area contributed by atoms with E-state index in [-0.39, 0.29) is 23.5 Å². The van der Waals surface area contributed by atoms with Gasteiger partial charge in [-0.1, -0.05) is 0 Å². The molecule has 0 bridgehead atoms. The van der Waals surface area contributed by atoms with Gasteiger partial charge in [-0.2, -0.15) is 5.10 Å². The molecule has 0 spiro atoms. The van der Waals surface area contributed by atoms with Crippen LogP contribution in [-0.4, -0.2) is 72.8 Å². The van der Waals surface area contributed by atoms with E-state index >= 15 is 0 Å². The number of likely N-dealkylation sites (tertiary alicyclic amines) is 1. The Hall–Kier alpha value is -3.14. The lowest BCUT2D eigenvalue weighted by atomic mass is 10.0. The molecule has 3 aromatic rings. The number of hydrogen-bond acceptors (Lipinski definition) is 7. The van der Waals surface area contributed by atoms with Crippen molar-refractivity contribution in [2.75, 3.05) is 38.8 Å². The molecule has 2 aliphatic rings. The van der Waals surface area contributed by atoms with Crippen LogP contribution in [0.4, 0.5) is 0 Å². The quantitative estimate of drug-likeness (QED) is 0.531. The maximum Gasteiger partial charge on any atom is 0.254 e. The minimum Gasteiger partial charge on any atom is -0.493 e. The molecule has 1 atom stereocenters. The van der Waals surface area contributed by atoms with Crippen molar-refractivity contribution in [2.45, 2.75) is 38.6 Å². The van der Waals surface area contributed by atoms with Crippen LogP contribution in [-0.2, 0) is 9.84 Å². The number of pyridine rings is 1. The van der Waals surface area contributed by atoms with Crippen molar-refractivity contribution in [1.29, 1.82) is 0 Å². The van der Waals surface area contributed by atoms with Gasteiger partial charge >= 0.3 is 0 Å². The minimum absolute atomic E-state index is 0.0287. The van der Waals surface area contributed by atoms with Gasteiger partial charge in [0.1, 0.15) is 0 Å². The van der Waals surface area contributed by atoms with Crippen molar-refractivity contribution in [3.05, 3.63) is 35.5 Å². The minimum atomic E-state index is -3.12. The first-order valence-corrected chi connectivity index (χ1v) is 13.8. The molecule has 10 heteroatoms. The van der Waals surface area contributed by atoms with Gasteiger partial charge in [-0.15, -0.1) is 0 Å². The Morgan fingerprint density at radius 1 is 1.06 bits per heavy atom. The van der Waals surface area contributed by atoms with E-state index in [2.05, 4.69) is 0 Å². The van der Waals surface area contributed by atoms with Crippen LogP contribution in [0.15, 0.2) is 24.3 Å². The van der Waals surface area contributed by atoms with E-state index in [0.29, 0.717) is 45.9 Å². The van der Waals surface area contributed by atoms with Gasteiger partial charge in [0.25, 0.3) is 5.91 Å². The number of rotatable bonds is 5. The Bertz CT molecular complexity index is 1390. The number of methoxy groups -OCH3 is 2. The molecule has 9 nitrogen and oxygen atoms in total. The molecule has 5 rings (SSSR count). The van der Waals surface area contributed by atoms with E-state index in [4.69, 9.17) is 19.6 Å². The molecule has 2 saturated heterocycles. The van der Waals surface area contributed by atoms with Crippen molar-refractivity contribution >= 4 is 26.8 Å². The van der Waals surface area contributed by atoms with Crippen LogP contribution in [0, 0.1) is 6.92 Å². The van der Waals surface area contributed by atoms with Crippen molar-refractivity contribution in [3.8, 4) is 22.8 Å². The monoisotopic (exact) mass is 498 g/mol. The molecule has 1 unspecified atom stereocenters. The number of piperidine rings is 1. The smallest absolute Gasteiger partial charge is 0.254 e. The Labute approximate surface area is 205 Å². The highest BCUT2D eigenvalue weighted by molar-refractivity contribution is 7.91. The standard InChI is InChI=1S/C25H30N4O5S/c1-16-23-19(25(30)28-10-5-4-6-11-28)14-20(17-7-8-21(33-2)22(13-17)34-3)26-24(23)29(27-16)18-9-12-35(31,32)15-18/h7-8,13-14,18H,4-6,9-12,15H2,1-3H3. The first-order chi connectivity index (χ1) is 16.8. The molecule has 186 valence electrons. The predicted molar refractivity (Wildman–Crippen MR) is 133 cm³/mol. The van der Waals surface area contributed by atoms with Crippen molar-refractivity contribution in [3.63, 3.8) is 0 Å². The number of ether oxygens (including phenoxy) is 2.